The number of hydrogen-bond acceptors (Lipinski definition) is 10. The highest BCUT2D eigenvalue weighted by Gasteiger charge is 2.15. The molecule has 2 aromatic rings. The Morgan fingerprint density at radius 1 is 1.39 bits per heavy atom. The second-order valence-electron chi connectivity index (χ2n) is 5.32. The molecule has 0 fully saturated rings. The van der Waals surface area contributed by atoms with Gasteiger partial charge in [-0.05, 0) is 12.1 Å². The van der Waals surface area contributed by atoms with E-state index in [1.807, 2.05) is 5.38 Å². The number of benzene rings is 1. The highest BCUT2D eigenvalue weighted by molar-refractivity contribution is 7.98. The maximum absolute atomic E-state index is 12.1. The summed E-state index contributed by atoms with van der Waals surface area (Å²) in [7, 11) is -2.20. The Labute approximate surface area is 171 Å². The molecule has 1 aromatic carbocycles. The molecule has 0 saturated heterocycles. The molecule has 28 heavy (non-hydrogen) atoms. The smallest absolute Gasteiger partial charge is 0.297 e. The first-order valence-electron chi connectivity index (χ1n) is 8.13. The topological polar surface area (TPSA) is 123 Å². The molecule has 2 rings (SSSR count). The summed E-state index contributed by atoms with van der Waals surface area (Å²) in [5, 5.41) is 18.5. The van der Waals surface area contributed by atoms with E-state index in [1.165, 1.54) is 23.5 Å². The van der Waals surface area contributed by atoms with Gasteiger partial charge in [-0.15, -0.1) is 11.3 Å². The fraction of sp³-hybridized carbons (Fsp3) is 0.312. The minimum atomic E-state index is -3.80. The molecule has 0 amide bonds. The molecule has 0 aliphatic carbocycles. The molecular weight excluding hydrogens is 424 g/mol. The van der Waals surface area contributed by atoms with Gasteiger partial charge in [-0.3, -0.25) is 14.3 Å². The van der Waals surface area contributed by atoms with Crippen LogP contribution in [-0.4, -0.2) is 37.7 Å². The Morgan fingerprint density at radius 3 is 2.82 bits per heavy atom. The van der Waals surface area contributed by atoms with E-state index in [-0.39, 0.29) is 11.5 Å². The summed E-state index contributed by atoms with van der Waals surface area (Å²) in [5.74, 6) is 1.72. The largest absolute Gasteiger partial charge is 0.370 e. The fourth-order valence-electron chi connectivity index (χ4n) is 2.00. The maximum Gasteiger partial charge on any atom is 0.297 e. The van der Waals surface area contributed by atoms with Gasteiger partial charge in [-0.2, -0.15) is 20.2 Å². The van der Waals surface area contributed by atoms with E-state index >= 15 is 0 Å². The lowest BCUT2D eigenvalue weighted by atomic mass is 10.4. The molecule has 1 heterocycles. The van der Waals surface area contributed by atoms with Crippen molar-refractivity contribution in [1.29, 1.82) is 0 Å². The lowest BCUT2D eigenvalue weighted by molar-refractivity contribution is -0.404. The number of thiazole rings is 1. The lowest BCUT2D eigenvalue weighted by Gasteiger charge is -2.07. The summed E-state index contributed by atoms with van der Waals surface area (Å²) in [6.07, 6.45) is 0.876. The van der Waals surface area contributed by atoms with Gasteiger partial charge in [0.15, 0.2) is 5.82 Å². The molecule has 12 heteroatoms. The quantitative estimate of drug-likeness (QED) is 0.219. The van der Waals surface area contributed by atoms with Crippen molar-refractivity contribution in [3.63, 3.8) is 0 Å². The molecule has 9 nitrogen and oxygen atoms in total. The number of nitrogens with one attached hydrogen (secondary N) is 2. The zero-order valence-corrected chi connectivity index (χ0v) is 17.5. The minimum Gasteiger partial charge on any atom is -0.370 e. The third kappa shape index (κ3) is 7.46. The first kappa shape index (κ1) is 22.1. The van der Waals surface area contributed by atoms with Gasteiger partial charge in [0.2, 0.25) is 0 Å². The van der Waals surface area contributed by atoms with Gasteiger partial charge in [0.1, 0.15) is 11.6 Å². The van der Waals surface area contributed by atoms with Crippen LogP contribution in [0.15, 0.2) is 52.6 Å². The van der Waals surface area contributed by atoms with Crippen LogP contribution in [0.1, 0.15) is 10.7 Å². The van der Waals surface area contributed by atoms with E-state index in [2.05, 4.69) is 15.6 Å². The van der Waals surface area contributed by atoms with Crippen molar-refractivity contribution in [1.82, 2.24) is 15.6 Å². The van der Waals surface area contributed by atoms with Gasteiger partial charge in [0, 0.05) is 30.5 Å². The molecule has 2 N–H and O–H groups in total. The van der Waals surface area contributed by atoms with Crippen LogP contribution in [-0.2, 0) is 26.7 Å². The van der Waals surface area contributed by atoms with Crippen LogP contribution in [0.25, 0.3) is 0 Å². The summed E-state index contributed by atoms with van der Waals surface area (Å²) < 4.78 is 29.3. The molecular formula is C16H20N4O5S3. The second kappa shape index (κ2) is 11.0. The summed E-state index contributed by atoms with van der Waals surface area (Å²) >= 11 is 2.95. The second-order valence-corrected chi connectivity index (χ2v) is 8.98. The molecule has 0 saturated carbocycles. The lowest BCUT2D eigenvalue weighted by Crippen LogP contribution is -2.26. The Morgan fingerprint density at radius 2 is 2.14 bits per heavy atom. The minimum absolute atomic E-state index is 0.106. The molecule has 0 unspecified atom stereocenters. The third-order valence-electron chi connectivity index (χ3n) is 3.28. The van der Waals surface area contributed by atoms with Crippen molar-refractivity contribution in [2.45, 2.75) is 17.3 Å². The molecule has 0 atom stereocenters. The van der Waals surface area contributed by atoms with Crippen molar-refractivity contribution >= 4 is 33.2 Å². The van der Waals surface area contributed by atoms with Gasteiger partial charge in [0.05, 0.1) is 15.5 Å². The number of hydrogen-bond donors (Lipinski definition) is 2. The summed E-state index contributed by atoms with van der Waals surface area (Å²) in [4.78, 5) is 14.4. The standard InChI is InChI=1S/C16H20N4O5S3/c1-17-15(9-20(21)22)18-7-8-26-11-13-12-27-16(19-13)10-25-28(23,24)14-5-3-2-4-6-14/h2-6,9,12,17-18H,7-8,10-11H2,1H3/b15-9+. The molecule has 0 bridgehead atoms. The van der Waals surface area contributed by atoms with Crippen LogP contribution >= 0.6 is 23.1 Å². The predicted octanol–water partition coefficient (Wildman–Crippen LogP) is 2.17. The SMILES string of the molecule is CN/C(=C\[N+](=O)[O-])NCCSCc1csc(COS(=O)(=O)c2ccccc2)n1. The van der Waals surface area contributed by atoms with E-state index in [4.69, 9.17) is 4.18 Å². The Hall–Kier alpha value is -2.15. The van der Waals surface area contributed by atoms with Crippen molar-refractivity contribution in [3.8, 4) is 0 Å². The number of thioether (sulfide) groups is 1. The summed E-state index contributed by atoms with van der Waals surface area (Å²) in [6, 6.07) is 7.96. The number of aromatic nitrogens is 1. The molecule has 0 spiro atoms. The number of rotatable bonds is 12. The van der Waals surface area contributed by atoms with Crippen molar-refractivity contribution in [2.24, 2.45) is 0 Å². The number of nitrogens with zero attached hydrogens (tertiary/aromatic N) is 2. The monoisotopic (exact) mass is 444 g/mol. The van der Waals surface area contributed by atoms with Crippen molar-refractivity contribution < 1.29 is 17.5 Å². The van der Waals surface area contributed by atoms with E-state index in [0.717, 1.165) is 17.6 Å². The Bertz CT molecular complexity index is 900. The van der Waals surface area contributed by atoms with E-state index in [1.54, 1.807) is 37.0 Å². The van der Waals surface area contributed by atoms with Crippen molar-refractivity contribution in [2.75, 3.05) is 19.3 Å². The van der Waals surface area contributed by atoms with Crippen LogP contribution in [0.5, 0.6) is 0 Å². The van der Waals surface area contributed by atoms with E-state index in [0.29, 0.717) is 23.1 Å². The summed E-state index contributed by atoms with van der Waals surface area (Å²) in [5.41, 5.74) is 0.834. The first-order chi connectivity index (χ1) is 13.4. The van der Waals surface area contributed by atoms with Crippen LogP contribution in [0, 0.1) is 10.1 Å². The van der Waals surface area contributed by atoms with Crippen molar-refractivity contribution in [3.05, 3.63) is 68.5 Å². The average molecular weight is 445 g/mol. The number of nitro groups is 1. The third-order valence-corrected chi connectivity index (χ3v) is 6.43. The molecule has 0 radical (unpaired) electrons. The first-order valence-corrected chi connectivity index (χ1v) is 11.6. The van der Waals surface area contributed by atoms with E-state index in [9.17, 15) is 18.5 Å². The van der Waals surface area contributed by atoms with Gasteiger partial charge < -0.3 is 10.6 Å². The zero-order valence-electron chi connectivity index (χ0n) is 15.0. The Kier molecular flexibility index (Phi) is 8.70. The maximum atomic E-state index is 12.1. The molecule has 0 aliphatic heterocycles. The highest BCUT2D eigenvalue weighted by Crippen LogP contribution is 2.19. The molecule has 1 aromatic heterocycles. The fourth-order valence-corrected chi connectivity index (χ4v) is 4.53. The van der Waals surface area contributed by atoms with Gasteiger partial charge in [0.25, 0.3) is 16.3 Å². The molecule has 0 aliphatic rings. The molecule has 152 valence electrons. The predicted molar refractivity (Wildman–Crippen MR) is 109 cm³/mol. The Balaban J connectivity index is 1.73. The summed E-state index contributed by atoms with van der Waals surface area (Å²) in [6.45, 7) is 0.450. The van der Waals surface area contributed by atoms with Gasteiger partial charge in [-0.25, -0.2) is 4.98 Å². The van der Waals surface area contributed by atoms with Crippen LogP contribution < -0.4 is 10.6 Å². The average Bonchev–Trinajstić information content (AvgIpc) is 3.13. The van der Waals surface area contributed by atoms with Crippen LogP contribution in [0.3, 0.4) is 0 Å². The van der Waals surface area contributed by atoms with Crippen LogP contribution in [0.2, 0.25) is 0 Å². The highest BCUT2D eigenvalue weighted by atomic mass is 32.2. The zero-order chi connectivity index (χ0) is 20.4. The van der Waals surface area contributed by atoms with Gasteiger partial charge >= 0.3 is 0 Å². The van der Waals surface area contributed by atoms with Gasteiger partial charge in [-0.1, -0.05) is 18.2 Å². The van der Waals surface area contributed by atoms with Crippen LogP contribution in [0.4, 0.5) is 0 Å². The van der Waals surface area contributed by atoms with E-state index < -0.39 is 15.0 Å². The normalized spacial score (nSPS) is 12.0.